The van der Waals surface area contributed by atoms with Crippen LogP contribution in [0.5, 0.6) is 0 Å². The summed E-state index contributed by atoms with van der Waals surface area (Å²) in [6, 6.07) is 0.456. The zero-order chi connectivity index (χ0) is 9.84. The fraction of sp³-hybridized carbons (Fsp3) is 0.364. The minimum Gasteiger partial charge on any atom is -0.385 e. The van der Waals surface area contributed by atoms with Gasteiger partial charge in [-0.05, 0) is 25.5 Å². The van der Waals surface area contributed by atoms with E-state index < -0.39 is 0 Å². The van der Waals surface area contributed by atoms with Crippen LogP contribution in [0, 0.1) is 0 Å². The quantitative estimate of drug-likeness (QED) is 0.651. The number of nitrogens with one attached hydrogen (secondary N) is 1. The van der Waals surface area contributed by atoms with Gasteiger partial charge in [0.15, 0.2) is 0 Å². The highest BCUT2D eigenvalue weighted by atomic mass is 15.0. The van der Waals surface area contributed by atoms with Crippen molar-refractivity contribution in [2.45, 2.75) is 19.9 Å². The van der Waals surface area contributed by atoms with Gasteiger partial charge in [0.05, 0.1) is 12.3 Å². The lowest BCUT2D eigenvalue weighted by atomic mass is 10.2. The molecule has 0 unspecified atom stereocenters. The molecular formula is C11H16N2. The Kier molecular flexibility index (Phi) is 3.07. The summed E-state index contributed by atoms with van der Waals surface area (Å²) in [5.41, 5.74) is 2.99. The summed E-state index contributed by atoms with van der Waals surface area (Å²) in [4.78, 5) is 4.33. The van der Waals surface area contributed by atoms with Crippen LogP contribution < -0.4 is 5.32 Å². The van der Waals surface area contributed by atoms with E-state index in [9.17, 15) is 0 Å². The van der Waals surface area contributed by atoms with E-state index in [1.807, 2.05) is 6.08 Å². The maximum Gasteiger partial charge on any atom is 0.0794 e. The molecule has 0 saturated heterocycles. The molecular weight excluding hydrogens is 160 g/mol. The first-order chi connectivity index (χ1) is 6.13. The van der Waals surface area contributed by atoms with E-state index in [4.69, 9.17) is 0 Å². The highest BCUT2D eigenvalue weighted by Crippen LogP contribution is 2.09. The Morgan fingerprint density at radius 1 is 1.69 bits per heavy atom. The molecule has 0 aromatic rings. The molecule has 0 bridgehead atoms. The molecule has 1 N–H and O–H groups in total. The highest BCUT2D eigenvalue weighted by molar-refractivity contribution is 6.11. The molecule has 2 nitrogen and oxygen atoms in total. The van der Waals surface area contributed by atoms with Crippen molar-refractivity contribution in [3.8, 4) is 0 Å². The summed E-state index contributed by atoms with van der Waals surface area (Å²) in [7, 11) is 0. The Morgan fingerprint density at radius 3 is 2.92 bits per heavy atom. The third kappa shape index (κ3) is 2.58. The van der Waals surface area contributed by atoms with Gasteiger partial charge in [0.2, 0.25) is 0 Å². The van der Waals surface area contributed by atoms with E-state index in [0.29, 0.717) is 6.04 Å². The van der Waals surface area contributed by atoms with Gasteiger partial charge in [-0.3, -0.25) is 4.99 Å². The van der Waals surface area contributed by atoms with Crippen molar-refractivity contribution in [3.63, 3.8) is 0 Å². The number of hydrogen-bond donors (Lipinski definition) is 1. The molecule has 0 amide bonds. The van der Waals surface area contributed by atoms with Crippen molar-refractivity contribution >= 4 is 5.71 Å². The maximum atomic E-state index is 4.33. The molecule has 0 saturated carbocycles. The highest BCUT2D eigenvalue weighted by Gasteiger charge is 2.09. The van der Waals surface area contributed by atoms with Crippen LogP contribution in [0.2, 0.25) is 0 Å². The third-order valence-electron chi connectivity index (χ3n) is 1.78. The number of rotatable bonds is 4. The van der Waals surface area contributed by atoms with Crippen LogP contribution in [0.4, 0.5) is 0 Å². The molecule has 1 heterocycles. The van der Waals surface area contributed by atoms with Gasteiger partial charge in [-0.2, -0.15) is 0 Å². The molecule has 1 rings (SSSR count). The van der Waals surface area contributed by atoms with Crippen LogP contribution in [-0.2, 0) is 0 Å². The molecule has 0 radical (unpaired) electrons. The molecule has 13 heavy (non-hydrogen) atoms. The molecule has 0 aliphatic carbocycles. The van der Waals surface area contributed by atoms with Crippen LogP contribution in [-0.4, -0.2) is 18.3 Å². The first-order valence-corrected chi connectivity index (χ1v) is 4.46. The lowest BCUT2D eigenvalue weighted by Gasteiger charge is -2.08. The predicted octanol–water partition coefficient (Wildman–Crippen LogP) is 2.07. The van der Waals surface area contributed by atoms with Crippen molar-refractivity contribution < 1.29 is 0 Å². The van der Waals surface area contributed by atoms with Gasteiger partial charge in [-0.25, -0.2) is 0 Å². The normalized spacial score (nSPS) is 15.3. The van der Waals surface area contributed by atoms with Gasteiger partial charge in [0.1, 0.15) is 0 Å². The van der Waals surface area contributed by atoms with E-state index in [0.717, 1.165) is 23.5 Å². The van der Waals surface area contributed by atoms with Crippen LogP contribution in [0.3, 0.4) is 0 Å². The average Bonchev–Trinajstić information content (AvgIpc) is 2.50. The molecule has 2 heteroatoms. The summed E-state index contributed by atoms with van der Waals surface area (Å²) in [6.07, 6.45) is 3.76. The first kappa shape index (κ1) is 9.78. The number of allylic oxidation sites excluding steroid dienone is 3. The molecule has 70 valence electrons. The van der Waals surface area contributed by atoms with Crippen molar-refractivity contribution in [2.75, 3.05) is 6.54 Å². The summed E-state index contributed by atoms with van der Waals surface area (Å²) in [5, 5.41) is 3.32. The van der Waals surface area contributed by atoms with Crippen LogP contribution in [0.1, 0.15) is 13.8 Å². The fourth-order valence-electron chi connectivity index (χ4n) is 1.18. The van der Waals surface area contributed by atoms with Gasteiger partial charge in [-0.1, -0.05) is 19.2 Å². The molecule has 0 aromatic carbocycles. The van der Waals surface area contributed by atoms with Crippen molar-refractivity contribution in [2.24, 2.45) is 4.99 Å². The van der Waals surface area contributed by atoms with Crippen LogP contribution in [0.15, 0.2) is 41.6 Å². The van der Waals surface area contributed by atoms with Crippen molar-refractivity contribution in [3.05, 3.63) is 36.6 Å². The Hall–Kier alpha value is -1.31. The fourth-order valence-corrected chi connectivity index (χ4v) is 1.18. The molecule has 1 aliphatic heterocycles. The second kappa shape index (κ2) is 4.08. The van der Waals surface area contributed by atoms with E-state index in [-0.39, 0.29) is 0 Å². The van der Waals surface area contributed by atoms with Crippen LogP contribution in [0.25, 0.3) is 0 Å². The minimum atomic E-state index is 0.456. The zero-order valence-corrected chi connectivity index (χ0v) is 8.30. The second-order valence-electron chi connectivity index (χ2n) is 3.40. The van der Waals surface area contributed by atoms with E-state index >= 15 is 0 Å². The second-order valence-corrected chi connectivity index (χ2v) is 3.40. The molecule has 0 spiro atoms. The van der Waals surface area contributed by atoms with Gasteiger partial charge in [0, 0.05) is 11.7 Å². The predicted molar refractivity (Wildman–Crippen MR) is 58.0 cm³/mol. The minimum absolute atomic E-state index is 0.456. The third-order valence-corrected chi connectivity index (χ3v) is 1.78. The van der Waals surface area contributed by atoms with E-state index in [1.54, 1.807) is 6.08 Å². The summed E-state index contributed by atoms with van der Waals surface area (Å²) >= 11 is 0. The number of nitrogens with zero attached hydrogens (tertiary/aromatic N) is 1. The standard InChI is InChI=1S/C11H16N2/c1-5-9(4)11-6-10(7-12-11)13-8(2)3/h5-6,8,13H,1,4,7H2,2-3H3. The van der Waals surface area contributed by atoms with Gasteiger partial charge >= 0.3 is 0 Å². The summed E-state index contributed by atoms with van der Waals surface area (Å²) in [6.45, 7) is 12.5. The van der Waals surface area contributed by atoms with E-state index in [2.05, 4.69) is 37.3 Å². The van der Waals surface area contributed by atoms with Crippen molar-refractivity contribution in [1.82, 2.24) is 5.32 Å². The van der Waals surface area contributed by atoms with Crippen molar-refractivity contribution in [1.29, 1.82) is 0 Å². The Bertz CT molecular complexity index is 282. The van der Waals surface area contributed by atoms with E-state index in [1.165, 1.54) is 0 Å². The number of hydrogen-bond acceptors (Lipinski definition) is 2. The summed E-state index contributed by atoms with van der Waals surface area (Å²) < 4.78 is 0. The first-order valence-electron chi connectivity index (χ1n) is 4.46. The monoisotopic (exact) mass is 176 g/mol. The Morgan fingerprint density at radius 2 is 2.38 bits per heavy atom. The van der Waals surface area contributed by atoms with Crippen LogP contribution >= 0.6 is 0 Å². The molecule has 0 aromatic heterocycles. The van der Waals surface area contributed by atoms with Gasteiger partial charge in [0.25, 0.3) is 0 Å². The molecule has 0 atom stereocenters. The molecule has 1 aliphatic rings. The smallest absolute Gasteiger partial charge is 0.0794 e. The SMILES string of the molecule is C=CC(=C)C1=NCC(NC(C)C)=C1. The van der Waals surface area contributed by atoms with Gasteiger partial charge < -0.3 is 5.32 Å². The Balaban J connectivity index is 2.60. The maximum absolute atomic E-state index is 4.33. The lowest BCUT2D eigenvalue weighted by molar-refractivity contribution is 0.663. The average molecular weight is 176 g/mol. The Labute approximate surface area is 79.8 Å². The topological polar surface area (TPSA) is 24.4 Å². The molecule has 0 fully saturated rings. The lowest BCUT2D eigenvalue weighted by Crippen LogP contribution is -2.22. The number of aliphatic imine (C=N–C) groups is 1. The largest absolute Gasteiger partial charge is 0.385 e. The zero-order valence-electron chi connectivity index (χ0n) is 8.30. The van der Waals surface area contributed by atoms with Gasteiger partial charge in [-0.15, -0.1) is 0 Å². The summed E-state index contributed by atoms with van der Waals surface area (Å²) in [5.74, 6) is 0.